The Morgan fingerprint density at radius 3 is 3.06 bits per heavy atom. The van der Waals surface area contributed by atoms with Gasteiger partial charge in [-0.15, -0.1) is 0 Å². The van der Waals surface area contributed by atoms with Crippen LogP contribution in [0.5, 0.6) is 0 Å². The van der Waals surface area contributed by atoms with Gasteiger partial charge in [0.2, 0.25) is 0 Å². The number of H-pyrrole nitrogens is 1. The van der Waals surface area contributed by atoms with Gasteiger partial charge >= 0.3 is 5.97 Å². The summed E-state index contributed by atoms with van der Waals surface area (Å²) < 4.78 is 30.8. The summed E-state index contributed by atoms with van der Waals surface area (Å²) in [7, 11) is -3.74. The SMILES string of the molecule is O=C(O)CC1COCCN1S(=O)(=O)c1ccn[nH]1. The number of rotatable bonds is 4. The summed E-state index contributed by atoms with van der Waals surface area (Å²) in [5, 5.41) is 14.7. The van der Waals surface area contributed by atoms with Crippen LogP contribution in [-0.2, 0) is 19.6 Å². The van der Waals surface area contributed by atoms with Crippen LogP contribution in [0.15, 0.2) is 17.3 Å². The van der Waals surface area contributed by atoms with Crippen molar-refractivity contribution in [2.24, 2.45) is 0 Å². The van der Waals surface area contributed by atoms with Crippen LogP contribution in [0, 0.1) is 0 Å². The first kappa shape index (κ1) is 13.0. The zero-order valence-corrected chi connectivity index (χ0v) is 10.3. The van der Waals surface area contributed by atoms with E-state index in [1.807, 2.05) is 0 Å². The summed E-state index contributed by atoms with van der Waals surface area (Å²) in [6.07, 6.45) is 1.05. The standard InChI is InChI=1S/C9H13N3O5S/c13-9(14)5-7-6-17-4-3-12(7)18(15,16)8-1-2-10-11-8/h1-2,7H,3-6H2,(H,10,11)(H,13,14). The Labute approximate surface area is 104 Å². The lowest BCUT2D eigenvalue weighted by atomic mass is 10.2. The Hall–Kier alpha value is -1.45. The van der Waals surface area contributed by atoms with Gasteiger partial charge in [0.05, 0.1) is 31.9 Å². The number of aromatic amines is 1. The van der Waals surface area contributed by atoms with Gasteiger partial charge in [-0.1, -0.05) is 0 Å². The van der Waals surface area contributed by atoms with E-state index in [-0.39, 0.29) is 31.2 Å². The van der Waals surface area contributed by atoms with E-state index < -0.39 is 22.0 Å². The number of aromatic nitrogens is 2. The summed E-state index contributed by atoms with van der Waals surface area (Å²) in [5.41, 5.74) is 0. The number of hydrogen-bond acceptors (Lipinski definition) is 5. The predicted octanol–water partition coefficient (Wildman–Crippen LogP) is -0.726. The normalized spacial score (nSPS) is 21.9. The largest absolute Gasteiger partial charge is 0.481 e. The van der Waals surface area contributed by atoms with Gasteiger partial charge in [-0.2, -0.15) is 9.40 Å². The third kappa shape index (κ3) is 2.52. The molecule has 1 aliphatic heterocycles. The molecule has 1 aromatic heterocycles. The van der Waals surface area contributed by atoms with Crippen LogP contribution in [0.25, 0.3) is 0 Å². The highest BCUT2D eigenvalue weighted by atomic mass is 32.2. The number of carboxylic acid groups (broad SMARTS) is 1. The van der Waals surface area contributed by atoms with Gasteiger partial charge in [-0.05, 0) is 6.07 Å². The van der Waals surface area contributed by atoms with Crippen molar-refractivity contribution in [1.29, 1.82) is 0 Å². The van der Waals surface area contributed by atoms with E-state index >= 15 is 0 Å². The Morgan fingerprint density at radius 2 is 2.44 bits per heavy atom. The lowest BCUT2D eigenvalue weighted by Crippen LogP contribution is -2.49. The fourth-order valence-corrected chi connectivity index (χ4v) is 3.33. The topological polar surface area (TPSA) is 113 Å². The van der Waals surface area contributed by atoms with Gasteiger partial charge in [0.1, 0.15) is 0 Å². The zero-order valence-electron chi connectivity index (χ0n) is 9.44. The fourth-order valence-electron chi connectivity index (χ4n) is 1.83. The summed E-state index contributed by atoms with van der Waals surface area (Å²) in [5.74, 6) is -1.06. The molecule has 2 rings (SSSR count). The second-order valence-corrected chi connectivity index (χ2v) is 5.72. The van der Waals surface area contributed by atoms with E-state index in [2.05, 4.69) is 10.2 Å². The number of aliphatic carboxylic acids is 1. The highest BCUT2D eigenvalue weighted by molar-refractivity contribution is 7.89. The molecule has 0 aliphatic carbocycles. The summed E-state index contributed by atoms with van der Waals surface area (Å²) >= 11 is 0. The Morgan fingerprint density at radius 1 is 1.67 bits per heavy atom. The van der Waals surface area contributed by atoms with Gasteiger partial charge < -0.3 is 9.84 Å². The molecule has 0 aromatic carbocycles. The molecule has 9 heteroatoms. The second-order valence-electron chi connectivity index (χ2n) is 3.86. The summed E-state index contributed by atoms with van der Waals surface area (Å²) in [6.45, 7) is 0.475. The van der Waals surface area contributed by atoms with Gasteiger partial charge in [0.15, 0.2) is 5.03 Å². The molecule has 0 saturated carbocycles. The van der Waals surface area contributed by atoms with Gasteiger partial charge in [-0.3, -0.25) is 9.89 Å². The maximum Gasteiger partial charge on any atom is 0.305 e. The fraction of sp³-hybridized carbons (Fsp3) is 0.556. The second kappa shape index (κ2) is 5.04. The minimum atomic E-state index is -3.74. The predicted molar refractivity (Wildman–Crippen MR) is 59.3 cm³/mol. The van der Waals surface area contributed by atoms with Gasteiger partial charge in [0, 0.05) is 6.54 Å². The first-order valence-electron chi connectivity index (χ1n) is 5.32. The van der Waals surface area contributed by atoms with Crippen molar-refractivity contribution in [3.05, 3.63) is 12.3 Å². The molecule has 0 radical (unpaired) electrons. The Balaban J connectivity index is 2.26. The number of nitrogens with zero attached hydrogens (tertiary/aromatic N) is 2. The van der Waals surface area contributed by atoms with E-state index in [4.69, 9.17) is 9.84 Å². The molecule has 8 nitrogen and oxygen atoms in total. The molecular formula is C9H13N3O5S. The van der Waals surface area contributed by atoms with E-state index in [9.17, 15) is 13.2 Å². The average molecular weight is 275 g/mol. The van der Waals surface area contributed by atoms with Crippen LogP contribution < -0.4 is 0 Å². The molecule has 2 heterocycles. The maximum atomic E-state index is 12.2. The van der Waals surface area contributed by atoms with E-state index in [1.54, 1.807) is 0 Å². The smallest absolute Gasteiger partial charge is 0.305 e. The van der Waals surface area contributed by atoms with Crippen LogP contribution in [0.2, 0.25) is 0 Å². The van der Waals surface area contributed by atoms with Crippen molar-refractivity contribution < 1.29 is 23.1 Å². The molecular weight excluding hydrogens is 262 g/mol. The molecule has 1 fully saturated rings. The number of carbonyl (C=O) groups is 1. The Bertz CT molecular complexity index is 512. The molecule has 2 N–H and O–H groups in total. The van der Waals surface area contributed by atoms with Crippen molar-refractivity contribution >= 4 is 16.0 Å². The first-order valence-corrected chi connectivity index (χ1v) is 6.76. The molecule has 1 atom stereocenters. The number of hydrogen-bond donors (Lipinski definition) is 2. The molecule has 1 aliphatic rings. The van der Waals surface area contributed by atoms with Crippen LogP contribution in [0.1, 0.15) is 6.42 Å². The lowest BCUT2D eigenvalue weighted by molar-refractivity contribution is -0.139. The first-order chi connectivity index (χ1) is 8.51. The molecule has 1 saturated heterocycles. The number of sulfonamides is 1. The molecule has 0 amide bonds. The molecule has 18 heavy (non-hydrogen) atoms. The molecule has 1 unspecified atom stereocenters. The van der Waals surface area contributed by atoms with E-state index in [0.717, 1.165) is 4.31 Å². The quantitative estimate of drug-likeness (QED) is 0.749. The Kier molecular flexibility index (Phi) is 3.64. The molecule has 0 bridgehead atoms. The minimum absolute atomic E-state index is 0.0419. The number of morpholine rings is 1. The van der Waals surface area contributed by atoms with Crippen LogP contribution in [0.4, 0.5) is 0 Å². The van der Waals surface area contributed by atoms with E-state index in [1.165, 1.54) is 12.3 Å². The van der Waals surface area contributed by atoms with Crippen molar-refractivity contribution in [3.63, 3.8) is 0 Å². The van der Waals surface area contributed by atoms with Gasteiger partial charge in [-0.25, -0.2) is 8.42 Å². The number of carboxylic acids is 1. The van der Waals surface area contributed by atoms with Crippen molar-refractivity contribution in [2.45, 2.75) is 17.5 Å². The third-order valence-corrected chi connectivity index (χ3v) is 4.53. The molecule has 1 aromatic rings. The van der Waals surface area contributed by atoms with Crippen LogP contribution in [-0.4, -0.2) is 59.8 Å². The van der Waals surface area contributed by atoms with Crippen molar-refractivity contribution in [1.82, 2.24) is 14.5 Å². The van der Waals surface area contributed by atoms with Crippen molar-refractivity contribution in [3.8, 4) is 0 Å². The van der Waals surface area contributed by atoms with Crippen molar-refractivity contribution in [2.75, 3.05) is 19.8 Å². The monoisotopic (exact) mass is 275 g/mol. The lowest BCUT2D eigenvalue weighted by Gasteiger charge is -2.33. The zero-order chi connectivity index (χ0) is 13.2. The highest BCUT2D eigenvalue weighted by Crippen LogP contribution is 2.20. The molecule has 0 spiro atoms. The summed E-state index contributed by atoms with van der Waals surface area (Å²) in [6, 6.07) is 0.646. The molecule has 100 valence electrons. The average Bonchev–Trinajstić information content (AvgIpc) is 2.82. The van der Waals surface area contributed by atoms with Gasteiger partial charge in [0.25, 0.3) is 10.0 Å². The maximum absolute atomic E-state index is 12.2. The third-order valence-electron chi connectivity index (χ3n) is 2.65. The minimum Gasteiger partial charge on any atom is -0.481 e. The number of ether oxygens (including phenoxy) is 1. The number of nitrogens with one attached hydrogen (secondary N) is 1. The van der Waals surface area contributed by atoms with Crippen LogP contribution >= 0.6 is 0 Å². The van der Waals surface area contributed by atoms with E-state index in [0.29, 0.717) is 0 Å². The highest BCUT2D eigenvalue weighted by Gasteiger charge is 2.35. The summed E-state index contributed by atoms with van der Waals surface area (Å²) in [4.78, 5) is 10.7. The van der Waals surface area contributed by atoms with Crippen LogP contribution in [0.3, 0.4) is 0 Å².